The maximum atomic E-state index is 13.6. The number of aryl methyl sites for hydroxylation is 1. The van der Waals surface area contributed by atoms with Gasteiger partial charge in [0.05, 0.1) is 16.8 Å². The third-order valence-corrected chi connectivity index (χ3v) is 6.44. The number of hydrogen-bond acceptors (Lipinski definition) is 2. The van der Waals surface area contributed by atoms with Crippen LogP contribution in [0, 0.1) is 13.8 Å². The lowest BCUT2D eigenvalue weighted by molar-refractivity contribution is -0.137. The summed E-state index contributed by atoms with van der Waals surface area (Å²) < 4.78 is 48.3. The smallest absolute Gasteiger partial charge is 0.418 e. The molecule has 0 atom stereocenters. The van der Waals surface area contributed by atoms with E-state index in [0.29, 0.717) is 35.0 Å². The molecule has 0 aliphatic rings. The Morgan fingerprint density at radius 3 is 2.24 bits per heavy atom. The Kier molecular flexibility index (Phi) is 7.40. The lowest BCUT2D eigenvalue weighted by atomic mass is 9.87. The predicted octanol–water partition coefficient (Wildman–Crippen LogP) is 8.24. The van der Waals surface area contributed by atoms with Gasteiger partial charge < -0.3 is 14.6 Å². The third-order valence-electron chi connectivity index (χ3n) is 6.44. The fourth-order valence-electron chi connectivity index (χ4n) is 4.40. The Bertz CT molecular complexity index is 1450. The van der Waals surface area contributed by atoms with Crippen molar-refractivity contribution in [3.63, 3.8) is 0 Å². The van der Waals surface area contributed by atoms with Crippen LogP contribution in [0.3, 0.4) is 0 Å². The Morgan fingerprint density at radius 2 is 1.58 bits per heavy atom. The van der Waals surface area contributed by atoms with Crippen molar-refractivity contribution in [1.82, 2.24) is 4.57 Å². The van der Waals surface area contributed by atoms with E-state index in [4.69, 9.17) is 4.74 Å². The molecule has 1 heterocycles. The molecule has 0 aliphatic heterocycles. The molecule has 1 amide bonds. The van der Waals surface area contributed by atoms with Gasteiger partial charge in [-0.15, -0.1) is 0 Å². The number of carbonyl (C=O) groups is 1. The summed E-state index contributed by atoms with van der Waals surface area (Å²) >= 11 is 0. The average Bonchev–Trinajstić information content (AvgIpc) is 3.16. The van der Waals surface area contributed by atoms with Crippen LogP contribution in [0.5, 0.6) is 5.75 Å². The highest BCUT2D eigenvalue weighted by atomic mass is 19.4. The maximum absolute atomic E-state index is 13.6. The number of benzene rings is 3. The van der Waals surface area contributed by atoms with E-state index in [1.807, 2.05) is 12.1 Å². The second-order valence-corrected chi connectivity index (χ2v) is 10.4. The minimum absolute atomic E-state index is 0.0139. The molecule has 0 aliphatic carbocycles. The average molecular weight is 521 g/mol. The molecule has 4 rings (SSSR count). The number of aromatic nitrogens is 1. The molecule has 0 fully saturated rings. The van der Waals surface area contributed by atoms with Crippen molar-refractivity contribution < 1.29 is 22.7 Å². The Labute approximate surface area is 221 Å². The summed E-state index contributed by atoms with van der Waals surface area (Å²) in [6.45, 7) is 10.2. The molecule has 0 spiro atoms. The minimum atomic E-state index is -4.52. The Morgan fingerprint density at radius 1 is 0.895 bits per heavy atom. The second kappa shape index (κ2) is 10.4. The fraction of sp³-hybridized carbons (Fsp3) is 0.258. The summed E-state index contributed by atoms with van der Waals surface area (Å²) in [5, 5.41) is 2.84. The van der Waals surface area contributed by atoms with Gasteiger partial charge in [0, 0.05) is 23.1 Å². The molecule has 38 heavy (non-hydrogen) atoms. The van der Waals surface area contributed by atoms with Gasteiger partial charge in [0.2, 0.25) is 0 Å². The standard InChI is InChI=1S/C31H31F3N2O2/c1-20-17-26(21(2)36(20)28-12-7-6-11-27(28)31(32,33)34)29(37)35-24-9-8-10-25(18-24)38-19-22-13-15-23(16-14-22)30(3,4)5/h6-18H,19H2,1-5H3,(H,35,37). The topological polar surface area (TPSA) is 43.3 Å². The van der Waals surface area contributed by atoms with Gasteiger partial charge in [-0.2, -0.15) is 13.2 Å². The second-order valence-electron chi connectivity index (χ2n) is 10.4. The largest absolute Gasteiger partial charge is 0.489 e. The van der Waals surface area contributed by atoms with Crippen LogP contribution in [-0.2, 0) is 18.2 Å². The molecule has 3 aromatic carbocycles. The molecule has 0 saturated heterocycles. The number of nitrogens with one attached hydrogen (secondary N) is 1. The SMILES string of the molecule is Cc1cc(C(=O)Nc2cccc(OCc3ccc(C(C)(C)C)cc3)c2)c(C)n1-c1ccccc1C(F)(F)F. The van der Waals surface area contributed by atoms with E-state index in [0.717, 1.165) is 11.6 Å². The lowest BCUT2D eigenvalue weighted by Crippen LogP contribution is -2.15. The molecular weight excluding hydrogens is 489 g/mol. The number of ether oxygens (including phenoxy) is 1. The van der Waals surface area contributed by atoms with Crippen molar-refractivity contribution in [1.29, 1.82) is 0 Å². The number of alkyl halides is 3. The first-order valence-corrected chi connectivity index (χ1v) is 12.3. The highest BCUT2D eigenvalue weighted by Crippen LogP contribution is 2.35. The van der Waals surface area contributed by atoms with Crippen molar-refractivity contribution in [2.75, 3.05) is 5.32 Å². The molecule has 0 unspecified atom stereocenters. The molecule has 1 aromatic heterocycles. The van der Waals surface area contributed by atoms with Gasteiger partial charge in [0.15, 0.2) is 0 Å². The first kappa shape index (κ1) is 27.0. The molecule has 0 bridgehead atoms. The number of rotatable bonds is 6. The monoisotopic (exact) mass is 520 g/mol. The zero-order valence-electron chi connectivity index (χ0n) is 22.1. The van der Waals surface area contributed by atoms with Gasteiger partial charge in [0.1, 0.15) is 12.4 Å². The van der Waals surface area contributed by atoms with Gasteiger partial charge in [0.25, 0.3) is 5.91 Å². The minimum Gasteiger partial charge on any atom is -0.489 e. The Hall–Kier alpha value is -4.00. The number of amides is 1. The zero-order chi connectivity index (χ0) is 27.7. The van der Waals surface area contributed by atoms with E-state index in [1.165, 1.54) is 22.3 Å². The van der Waals surface area contributed by atoms with Gasteiger partial charge in [-0.05, 0) is 60.7 Å². The molecule has 1 N–H and O–H groups in total. The normalized spacial score (nSPS) is 11.9. The first-order valence-electron chi connectivity index (χ1n) is 12.3. The van der Waals surface area contributed by atoms with Crippen LogP contribution in [0.1, 0.15) is 59.2 Å². The van der Waals surface area contributed by atoms with E-state index in [1.54, 1.807) is 50.2 Å². The molecule has 4 nitrogen and oxygen atoms in total. The van der Waals surface area contributed by atoms with E-state index in [2.05, 4.69) is 38.2 Å². The molecule has 7 heteroatoms. The number of nitrogens with zero attached hydrogens (tertiary/aromatic N) is 1. The van der Waals surface area contributed by atoms with E-state index >= 15 is 0 Å². The van der Waals surface area contributed by atoms with Gasteiger partial charge in [-0.3, -0.25) is 4.79 Å². The number of para-hydroxylation sites is 1. The number of anilines is 1. The van der Waals surface area contributed by atoms with E-state index < -0.39 is 17.6 Å². The predicted molar refractivity (Wildman–Crippen MR) is 144 cm³/mol. The molecule has 198 valence electrons. The molecule has 0 radical (unpaired) electrons. The van der Waals surface area contributed by atoms with Crippen molar-refractivity contribution in [3.05, 3.63) is 113 Å². The summed E-state index contributed by atoms with van der Waals surface area (Å²) in [5.74, 6) is 0.177. The number of halogens is 3. The molecule has 0 saturated carbocycles. The maximum Gasteiger partial charge on any atom is 0.418 e. The Balaban J connectivity index is 1.50. The van der Waals surface area contributed by atoms with E-state index in [9.17, 15) is 18.0 Å². The summed E-state index contributed by atoms with van der Waals surface area (Å²) in [6.07, 6.45) is -4.52. The van der Waals surface area contributed by atoms with Crippen molar-refractivity contribution >= 4 is 11.6 Å². The van der Waals surface area contributed by atoms with Gasteiger partial charge in [-0.25, -0.2) is 0 Å². The summed E-state index contributed by atoms with van der Waals surface area (Å²) in [4.78, 5) is 13.1. The van der Waals surface area contributed by atoms with Crippen molar-refractivity contribution in [2.45, 2.75) is 52.8 Å². The van der Waals surface area contributed by atoms with Crippen LogP contribution in [0.25, 0.3) is 5.69 Å². The summed E-state index contributed by atoms with van der Waals surface area (Å²) in [7, 11) is 0. The number of carbonyl (C=O) groups excluding carboxylic acids is 1. The van der Waals surface area contributed by atoms with Crippen LogP contribution in [0.15, 0.2) is 78.9 Å². The van der Waals surface area contributed by atoms with Gasteiger partial charge >= 0.3 is 6.18 Å². The lowest BCUT2D eigenvalue weighted by Gasteiger charge is -2.19. The summed E-state index contributed by atoms with van der Waals surface area (Å²) in [5.41, 5.74) is 3.34. The number of hydrogen-bond donors (Lipinski definition) is 1. The summed E-state index contributed by atoms with van der Waals surface area (Å²) in [6, 6.07) is 22.3. The van der Waals surface area contributed by atoms with Crippen LogP contribution in [0.2, 0.25) is 0 Å². The van der Waals surface area contributed by atoms with Crippen LogP contribution in [-0.4, -0.2) is 10.5 Å². The van der Waals surface area contributed by atoms with Crippen LogP contribution < -0.4 is 10.1 Å². The zero-order valence-corrected chi connectivity index (χ0v) is 22.1. The van der Waals surface area contributed by atoms with Crippen molar-refractivity contribution in [2.24, 2.45) is 0 Å². The highest BCUT2D eigenvalue weighted by molar-refractivity contribution is 6.05. The fourth-order valence-corrected chi connectivity index (χ4v) is 4.40. The van der Waals surface area contributed by atoms with Crippen molar-refractivity contribution in [3.8, 4) is 11.4 Å². The van der Waals surface area contributed by atoms with Gasteiger partial charge in [-0.1, -0.05) is 63.2 Å². The molecule has 4 aromatic rings. The third kappa shape index (κ3) is 5.93. The first-order chi connectivity index (χ1) is 17.8. The highest BCUT2D eigenvalue weighted by Gasteiger charge is 2.34. The van der Waals surface area contributed by atoms with E-state index in [-0.39, 0.29) is 11.1 Å². The van der Waals surface area contributed by atoms with Crippen LogP contribution in [0.4, 0.5) is 18.9 Å². The van der Waals surface area contributed by atoms with Crippen LogP contribution >= 0.6 is 0 Å². The quantitative estimate of drug-likeness (QED) is 0.278. The molecular formula is C31H31F3N2O2.